The van der Waals surface area contributed by atoms with Crippen LogP contribution in [0.5, 0.6) is 11.5 Å². The molecule has 0 aliphatic carbocycles. The van der Waals surface area contributed by atoms with Crippen molar-refractivity contribution in [3.05, 3.63) is 64.2 Å². The Bertz CT molecular complexity index is 930. The Morgan fingerprint density at radius 3 is 2.68 bits per heavy atom. The van der Waals surface area contributed by atoms with Crippen molar-refractivity contribution in [1.82, 2.24) is 10.7 Å². The van der Waals surface area contributed by atoms with E-state index in [1.165, 1.54) is 18.2 Å². The minimum Gasteiger partial charge on any atom is -0.485 e. The van der Waals surface area contributed by atoms with Gasteiger partial charge < -0.3 is 14.8 Å². The van der Waals surface area contributed by atoms with Gasteiger partial charge in [-0.2, -0.15) is 5.10 Å². The van der Waals surface area contributed by atoms with Gasteiger partial charge >= 0.3 is 0 Å². The maximum absolute atomic E-state index is 12.1. The molecule has 0 saturated heterocycles. The van der Waals surface area contributed by atoms with E-state index in [4.69, 9.17) is 9.47 Å². The van der Waals surface area contributed by atoms with Crippen molar-refractivity contribution in [2.24, 2.45) is 5.10 Å². The molecule has 0 aromatic heterocycles. The lowest BCUT2D eigenvalue weighted by Gasteiger charge is -2.25. The van der Waals surface area contributed by atoms with Crippen molar-refractivity contribution in [2.75, 3.05) is 13.2 Å². The number of hydrogen-bond donors (Lipinski definition) is 2. The second-order valence-electron chi connectivity index (χ2n) is 5.69. The highest BCUT2D eigenvalue weighted by atomic mass is 16.6. The van der Waals surface area contributed by atoms with Crippen LogP contribution in [-0.2, 0) is 9.59 Å². The van der Waals surface area contributed by atoms with Crippen LogP contribution in [0, 0.1) is 10.1 Å². The molecule has 1 atom stereocenters. The van der Waals surface area contributed by atoms with Crippen molar-refractivity contribution in [1.29, 1.82) is 0 Å². The van der Waals surface area contributed by atoms with Crippen molar-refractivity contribution in [3.8, 4) is 11.5 Å². The monoisotopic (exact) mass is 384 g/mol. The lowest BCUT2D eigenvalue weighted by atomic mass is 10.2. The van der Waals surface area contributed by atoms with E-state index >= 15 is 0 Å². The lowest BCUT2D eigenvalue weighted by molar-refractivity contribution is -0.385. The van der Waals surface area contributed by atoms with Gasteiger partial charge in [0.2, 0.25) is 6.10 Å². The Morgan fingerprint density at radius 2 is 1.89 bits per heavy atom. The fourth-order valence-electron chi connectivity index (χ4n) is 2.41. The first-order valence-electron chi connectivity index (χ1n) is 8.26. The number of para-hydroxylation sites is 3. The van der Waals surface area contributed by atoms with Gasteiger partial charge in [0.1, 0.15) is 6.61 Å². The number of nitrogens with zero attached hydrogens (tertiary/aromatic N) is 2. The van der Waals surface area contributed by atoms with Crippen LogP contribution in [-0.4, -0.2) is 42.2 Å². The van der Waals surface area contributed by atoms with Crippen LogP contribution in [0.2, 0.25) is 0 Å². The summed E-state index contributed by atoms with van der Waals surface area (Å²) in [7, 11) is 0. The van der Waals surface area contributed by atoms with Gasteiger partial charge in [-0.05, 0) is 18.2 Å². The molecule has 10 nitrogen and oxygen atoms in total. The van der Waals surface area contributed by atoms with Gasteiger partial charge in [-0.25, -0.2) is 5.43 Å². The molecule has 0 saturated carbocycles. The molecule has 1 aliphatic rings. The van der Waals surface area contributed by atoms with Crippen LogP contribution in [0.1, 0.15) is 5.56 Å². The molecular weight excluding hydrogens is 368 g/mol. The molecule has 0 radical (unpaired) electrons. The Labute approximate surface area is 159 Å². The summed E-state index contributed by atoms with van der Waals surface area (Å²) in [5, 5.41) is 17.0. The summed E-state index contributed by atoms with van der Waals surface area (Å²) in [5.41, 5.74) is 2.30. The fraction of sp³-hybridized carbons (Fsp3) is 0.167. The zero-order chi connectivity index (χ0) is 19.9. The van der Waals surface area contributed by atoms with E-state index in [2.05, 4.69) is 15.8 Å². The number of ether oxygens (including phenoxy) is 2. The van der Waals surface area contributed by atoms with Gasteiger partial charge in [-0.3, -0.25) is 19.7 Å². The molecule has 2 amide bonds. The van der Waals surface area contributed by atoms with Crippen molar-refractivity contribution < 1.29 is 24.0 Å². The highest BCUT2D eigenvalue weighted by molar-refractivity contribution is 5.89. The Balaban J connectivity index is 1.47. The van der Waals surface area contributed by atoms with Crippen LogP contribution >= 0.6 is 0 Å². The summed E-state index contributed by atoms with van der Waals surface area (Å²) >= 11 is 0. The number of hydrogen-bond acceptors (Lipinski definition) is 7. The third-order valence-electron chi connectivity index (χ3n) is 3.75. The van der Waals surface area contributed by atoms with Crippen LogP contribution in [0.25, 0.3) is 0 Å². The molecule has 1 aliphatic heterocycles. The molecule has 2 aromatic rings. The SMILES string of the molecule is O=C(CNC(=O)[C@H]1COc2ccccc2O1)N/N=C\c1ccccc1[N+](=O)[O-]. The predicted octanol–water partition coefficient (Wildman–Crippen LogP) is 1.00. The third-order valence-corrected chi connectivity index (χ3v) is 3.75. The number of hydrazone groups is 1. The van der Waals surface area contributed by atoms with E-state index in [0.29, 0.717) is 11.5 Å². The minimum absolute atomic E-state index is 0.0281. The number of amides is 2. The lowest BCUT2D eigenvalue weighted by Crippen LogP contribution is -2.46. The molecule has 0 fully saturated rings. The van der Waals surface area contributed by atoms with E-state index in [1.54, 1.807) is 30.3 Å². The second kappa shape index (κ2) is 8.62. The molecule has 1 heterocycles. The van der Waals surface area contributed by atoms with Gasteiger partial charge in [-0.1, -0.05) is 24.3 Å². The van der Waals surface area contributed by atoms with Gasteiger partial charge in [0, 0.05) is 6.07 Å². The van der Waals surface area contributed by atoms with E-state index in [-0.39, 0.29) is 24.4 Å². The maximum atomic E-state index is 12.1. The maximum Gasteiger partial charge on any atom is 0.278 e. The minimum atomic E-state index is -0.877. The first-order valence-corrected chi connectivity index (χ1v) is 8.26. The molecule has 0 unspecified atom stereocenters. The highest BCUT2D eigenvalue weighted by Crippen LogP contribution is 2.30. The summed E-state index contributed by atoms with van der Waals surface area (Å²) in [4.78, 5) is 34.3. The van der Waals surface area contributed by atoms with Crippen LogP contribution < -0.4 is 20.2 Å². The average Bonchev–Trinajstić information content (AvgIpc) is 2.72. The van der Waals surface area contributed by atoms with E-state index in [1.807, 2.05) is 0 Å². The van der Waals surface area contributed by atoms with Crippen molar-refractivity contribution in [3.63, 3.8) is 0 Å². The largest absolute Gasteiger partial charge is 0.485 e. The summed E-state index contributed by atoms with van der Waals surface area (Å²) in [6, 6.07) is 12.9. The predicted molar refractivity (Wildman–Crippen MR) is 98.2 cm³/mol. The van der Waals surface area contributed by atoms with E-state index in [0.717, 1.165) is 6.21 Å². The zero-order valence-electron chi connectivity index (χ0n) is 14.5. The number of fused-ring (bicyclic) bond motifs is 1. The third kappa shape index (κ3) is 4.61. The standard InChI is InChI=1S/C18H16N4O6/c23-17(21-20-9-12-5-1-2-6-13(12)22(25)26)10-19-18(24)16-11-27-14-7-3-4-8-15(14)28-16/h1-9,16H,10-11H2,(H,19,24)(H,21,23)/b20-9-/t16-/m1/s1. The first kappa shape index (κ1) is 18.8. The Morgan fingerprint density at radius 1 is 1.18 bits per heavy atom. The Kier molecular flexibility index (Phi) is 5.80. The molecule has 28 heavy (non-hydrogen) atoms. The average molecular weight is 384 g/mol. The highest BCUT2D eigenvalue weighted by Gasteiger charge is 2.27. The summed E-state index contributed by atoms with van der Waals surface area (Å²) < 4.78 is 11.0. The van der Waals surface area contributed by atoms with Gasteiger partial charge in [0.15, 0.2) is 11.5 Å². The first-order chi connectivity index (χ1) is 13.5. The number of nitrogens with one attached hydrogen (secondary N) is 2. The molecule has 3 rings (SSSR count). The van der Waals surface area contributed by atoms with Crippen LogP contribution in [0.15, 0.2) is 53.6 Å². The number of carbonyl (C=O) groups excluding carboxylic acids is 2. The van der Waals surface area contributed by atoms with Gasteiger partial charge in [-0.15, -0.1) is 0 Å². The zero-order valence-corrected chi connectivity index (χ0v) is 14.5. The molecule has 0 bridgehead atoms. The molecule has 10 heteroatoms. The number of rotatable bonds is 6. The number of nitro groups is 1. The normalized spacial score (nSPS) is 15.1. The van der Waals surface area contributed by atoms with Gasteiger partial charge in [0.05, 0.1) is 23.2 Å². The van der Waals surface area contributed by atoms with E-state index < -0.39 is 22.8 Å². The topological polar surface area (TPSA) is 132 Å². The summed E-state index contributed by atoms with van der Waals surface area (Å²) in [5.74, 6) is -0.103. The smallest absolute Gasteiger partial charge is 0.278 e. The molecule has 144 valence electrons. The number of benzene rings is 2. The summed E-state index contributed by atoms with van der Waals surface area (Å²) in [6.07, 6.45) is 0.283. The Hall–Kier alpha value is -3.95. The molecule has 2 aromatic carbocycles. The summed E-state index contributed by atoms with van der Waals surface area (Å²) in [6.45, 7) is -0.311. The fourth-order valence-corrected chi connectivity index (χ4v) is 2.41. The molecule has 2 N–H and O–H groups in total. The van der Waals surface area contributed by atoms with Gasteiger partial charge in [0.25, 0.3) is 17.5 Å². The molecule has 0 spiro atoms. The number of carbonyl (C=O) groups is 2. The van der Waals surface area contributed by atoms with Crippen molar-refractivity contribution >= 4 is 23.7 Å². The van der Waals surface area contributed by atoms with E-state index in [9.17, 15) is 19.7 Å². The molecular formula is C18H16N4O6. The second-order valence-corrected chi connectivity index (χ2v) is 5.69. The number of nitro benzene ring substituents is 1. The van der Waals surface area contributed by atoms with Crippen LogP contribution in [0.4, 0.5) is 5.69 Å². The quantitative estimate of drug-likeness (QED) is 0.434. The van der Waals surface area contributed by atoms with Crippen molar-refractivity contribution in [2.45, 2.75) is 6.10 Å². The van der Waals surface area contributed by atoms with Crippen LogP contribution in [0.3, 0.4) is 0 Å².